The lowest BCUT2D eigenvalue weighted by Crippen LogP contribution is -2.07. The first-order valence-electron chi connectivity index (χ1n) is 5.31. The number of esters is 1. The van der Waals surface area contributed by atoms with Gasteiger partial charge in [0.25, 0.3) is 0 Å². The summed E-state index contributed by atoms with van der Waals surface area (Å²) in [6, 6.07) is 9.07. The van der Waals surface area contributed by atoms with Gasteiger partial charge in [-0.25, -0.2) is 9.59 Å². The summed E-state index contributed by atoms with van der Waals surface area (Å²) in [5, 5.41) is 10.2. The SMILES string of the molecule is C=C(F)C(=O)Oc1ccc2cc(C(=O)O)ccc2c1. The molecule has 0 unspecified atom stereocenters. The monoisotopic (exact) mass is 260 g/mol. The van der Waals surface area contributed by atoms with Gasteiger partial charge in [0.05, 0.1) is 5.56 Å². The van der Waals surface area contributed by atoms with Crippen LogP contribution in [0.15, 0.2) is 48.8 Å². The van der Waals surface area contributed by atoms with Crippen LogP contribution in [0.2, 0.25) is 0 Å². The molecule has 0 heterocycles. The van der Waals surface area contributed by atoms with Gasteiger partial charge in [-0.3, -0.25) is 0 Å². The van der Waals surface area contributed by atoms with E-state index in [4.69, 9.17) is 9.84 Å². The third-order valence-electron chi connectivity index (χ3n) is 2.49. The van der Waals surface area contributed by atoms with Crippen molar-refractivity contribution in [2.45, 2.75) is 0 Å². The average Bonchev–Trinajstić information content (AvgIpc) is 2.37. The molecular formula is C14H9FO4. The summed E-state index contributed by atoms with van der Waals surface area (Å²) >= 11 is 0. The zero-order valence-corrected chi connectivity index (χ0v) is 9.72. The molecule has 2 aromatic carbocycles. The molecule has 0 saturated carbocycles. The Morgan fingerprint density at radius 3 is 2.37 bits per heavy atom. The summed E-state index contributed by atoms with van der Waals surface area (Å²) in [6.45, 7) is 2.84. The quantitative estimate of drug-likeness (QED) is 0.523. The first-order valence-corrected chi connectivity index (χ1v) is 5.31. The Labute approximate surface area is 107 Å². The Bertz CT molecular complexity index is 691. The second kappa shape index (κ2) is 4.89. The molecule has 0 aliphatic carbocycles. The molecule has 5 heteroatoms. The zero-order valence-electron chi connectivity index (χ0n) is 9.72. The average molecular weight is 260 g/mol. The van der Waals surface area contributed by atoms with Gasteiger partial charge in [0.15, 0.2) is 0 Å². The highest BCUT2D eigenvalue weighted by molar-refractivity contribution is 5.95. The highest BCUT2D eigenvalue weighted by atomic mass is 19.1. The molecular weight excluding hydrogens is 251 g/mol. The number of carbonyl (C=O) groups is 2. The third kappa shape index (κ3) is 2.77. The second-order valence-electron chi connectivity index (χ2n) is 3.82. The van der Waals surface area contributed by atoms with Gasteiger partial charge in [0, 0.05) is 0 Å². The first-order chi connectivity index (χ1) is 8.97. The van der Waals surface area contributed by atoms with Gasteiger partial charge < -0.3 is 9.84 Å². The smallest absolute Gasteiger partial charge is 0.371 e. The van der Waals surface area contributed by atoms with Crippen molar-refractivity contribution in [1.29, 1.82) is 0 Å². The predicted molar refractivity (Wildman–Crippen MR) is 66.8 cm³/mol. The van der Waals surface area contributed by atoms with Crippen molar-refractivity contribution in [3.8, 4) is 5.75 Å². The first kappa shape index (κ1) is 12.8. The summed E-state index contributed by atoms with van der Waals surface area (Å²) < 4.78 is 17.2. The lowest BCUT2D eigenvalue weighted by Gasteiger charge is -2.05. The maximum atomic E-state index is 12.5. The van der Waals surface area contributed by atoms with Crippen molar-refractivity contribution >= 4 is 22.7 Å². The number of carboxylic acids is 1. The molecule has 0 aromatic heterocycles. The molecule has 0 bridgehead atoms. The van der Waals surface area contributed by atoms with Crippen LogP contribution in [0.5, 0.6) is 5.75 Å². The van der Waals surface area contributed by atoms with Gasteiger partial charge in [-0.15, -0.1) is 0 Å². The highest BCUT2D eigenvalue weighted by Crippen LogP contribution is 2.22. The largest absolute Gasteiger partial charge is 0.478 e. The minimum Gasteiger partial charge on any atom is -0.478 e. The number of carbonyl (C=O) groups excluding carboxylic acids is 1. The maximum Gasteiger partial charge on any atom is 0.371 e. The summed E-state index contributed by atoms with van der Waals surface area (Å²) in [6.07, 6.45) is 0. The van der Waals surface area contributed by atoms with Crippen LogP contribution in [0.4, 0.5) is 4.39 Å². The van der Waals surface area contributed by atoms with Crippen LogP contribution in [0.3, 0.4) is 0 Å². The van der Waals surface area contributed by atoms with E-state index >= 15 is 0 Å². The van der Waals surface area contributed by atoms with Crippen molar-refractivity contribution < 1.29 is 23.8 Å². The van der Waals surface area contributed by atoms with Crippen molar-refractivity contribution in [3.05, 3.63) is 54.4 Å². The molecule has 2 rings (SSSR count). The third-order valence-corrected chi connectivity index (χ3v) is 2.49. The van der Waals surface area contributed by atoms with Gasteiger partial charge in [-0.2, -0.15) is 4.39 Å². The van der Waals surface area contributed by atoms with Crippen molar-refractivity contribution in [3.63, 3.8) is 0 Å². The van der Waals surface area contributed by atoms with E-state index in [9.17, 15) is 14.0 Å². The van der Waals surface area contributed by atoms with Gasteiger partial charge >= 0.3 is 11.9 Å². The molecule has 19 heavy (non-hydrogen) atoms. The Morgan fingerprint density at radius 2 is 1.74 bits per heavy atom. The fourth-order valence-electron chi connectivity index (χ4n) is 1.58. The van der Waals surface area contributed by atoms with Crippen LogP contribution in [0.25, 0.3) is 10.8 Å². The summed E-state index contributed by atoms with van der Waals surface area (Å²) in [7, 11) is 0. The summed E-state index contributed by atoms with van der Waals surface area (Å²) in [5.41, 5.74) is 0.161. The Hall–Kier alpha value is -2.69. The number of rotatable bonds is 3. The number of ether oxygens (including phenoxy) is 1. The van der Waals surface area contributed by atoms with Gasteiger partial charge in [0.2, 0.25) is 5.83 Å². The molecule has 0 radical (unpaired) electrons. The number of halogens is 1. The Balaban J connectivity index is 2.36. The maximum absolute atomic E-state index is 12.5. The van der Waals surface area contributed by atoms with Crippen LogP contribution in [0.1, 0.15) is 10.4 Å². The standard InChI is InChI=1S/C14H9FO4/c1-8(15)14(18)19-12-5-4-9-6-11(13(16)17)3-2-10(9)7-12/h2-7H,1H2,(H,16,17). The number of carboxylic acid groups (broad SMARTS) is 1. The Morgan fingerprint density at radius 1 is 1.11 bits per heavy atom. The van der Waals surface area contributed by atoms with Gasteiger partial charge in [-0.05, 0) is 35.0 Å². The van der Waals surface area contributed by atoms with Crippen molar-refractivity contribution in [2.75, 3.05) is 0 Å². The molecule has 1 N–H and O–H groups in total. The van der Waals surface area contributed by atoms with E-state index in [1.54, 1.807) is 12.1 Å². The van der Waals surface area contributed by atoms with E-state index in [2.05, 4.69) is 6.58 Å². The molecule has 0 aliphatic heterocycles. The van der Waals surface area contributed by atoms with E-state index in [-0.39, 0.29) is 11.3 Å². The van der Waals surface area contributed by atoms with E-state index in [0.29, 0.717) is 10.8 Å². The molecule has 0 atom stereocenters. The molecule has 4 nitrogen and oxygen atoms in total. The van der Waals surface area contributed by atoms with Gasteiger partial charge in [-0.1, -0.05) is 18.7 Å². The Kier molecular flexibility index (Phi) is 3.29. The van der Waals surface area contributed by atoms with Gasteiger partial charge in [0.1, 0.15) is 5.75 Å². The lowest BCUT2D eigenvalue weighted by molar-refractivity contribution is -0.131. The minimum absolute atomic E-state index is 0.161. The normalized spacial score (nSPS) is 10.2. The van der Waals surface area contributed by atoms with E-state index in [1.165, 1.54) is 24.3 Å². The van der Waals surface area contributed by atoms with Crippen molar-refractivity contribution in [1.82, 2.24) is 0 Å². The van der Waals surface area contributed by atoms with Crippen LogP contribution in [-0.2, 0) is 4.79 Å². The number of hydrogen-bond donors (Lipinski definition) is 1. The summed E-state index contributed by atoms with van der Waals surface area (Å²) in [4.78, 5) is 21.8. The lowest BCUT2D eigenvalue weighted by atomic mass is 10.1. The zero-order chi connectivity index (χ0) is 14.0. The fourth-order valence-corrected chi connectivity index (χ4v) is 1.58. The summed E-state index contributed by atoms with van der Waals surface area (Å²) in [5.74, 6) is -3.19. The van der Waals surface area contributed by atoms with E-state index < -0.39 is 17.8 Å². The predicted octanol–water partition coefficient (Wildman–Crippen LogP) is 2.93. The van der Waals surface area contributed by atoms with Crippen LogP contribution in [-0.4, -0.2) is 17.0 Å². The topological polar surface area (TPSA) is 63.6 Å². The highest BCUT2D eigenvalue weighted by Gasteiger charge is 2.10. The number of benzene rings is 2. The van der Waals surface area contributed by atoms with Crippen LogP contribution in [0, 0.1) is 0 Å². The van der Waals surface area contributed by atoms with Crippen LogP contribution >= 0.6 is 0 Å². The molecule has 0 amide bonds. The number of hydrogen-bond acceptors (Lipinski definition) is 3. The van der Waals surface area contributed by atoms with E-state index in [0.717, 1.165) is 0 Å². The number of aromatic carboxylic acids is 1. The minimum atomic E-state index is -1.18. The number of fused-ring (bicyclic) bond motifs is 1. The molecule has 0 spiro atoms. The molecule has 0 fully saturated rings. The molecule has 2 aromatic rings. The van der Waals surface area contributed by atoms with E-state index in [1.807, 2.05) is 0 Å². The van der Waals surface area contributed by atoms with Crippen LogP contribution < -0.4 is 4.74 Å². The van der Waals surface area contributed by atoms with Crippen molar-refractivity contribution in [2.24, 2.45) is 0 Å². The second-order valence-corrected chi connectivity index (χ2v) is 3.82. The molecule has 0 aliphatic rings. The fraction of sp³-hybridized carbons (Fsp3) is 0. The molecule has 0 saturated heterocycles. The molecule has 96 valence electrons.